The van der Waals surface area contributed by atoms with Crippen LogP contribution in [0.25, 0.3) is 21.9 Å². The van der Waals surface area contributed by atoms with Crippen LogP contribution in [0.2, 0.25) is 4.34 Å². The quantitative estimate of drug-likeness (QED) is 0.372. The summed E-state index contributed by atoms with van der Waals surface area (Å²) in [7, 11) is 0. The number of aromatic amines is 1. The van der Waals surface area contributed by atoms with Crippen LogP contribution in [0.1, 0.15) is 34.8 Å². The molecule has 0 unspecified atom stereocenters. The number of carbonyl (C=O) groups excluding carboxylic acids is 1. The van der Waals surface area contributed by atoms with Crippen LogP contribution in [-0.2, 0) is 6.18 Å². The van der Waals surface area contributed by atoms with E-state index in [2.05, 4.69) is 35.8 Å². The van der Waals surface area contributed by atoms with Gasteiger partial charge in [0, 0.05) is 6.20 Å². The van der Waals surface area contributed by atoms with Crippen molar-refractivity contribution in [3.8, 4) is 16.3 Å². The second-order valence-corrected chi connectivity index (χ2v) is 8.87. The molecule has 0 bridgehead atoms. The number of aromatic nitrogens is 8. The van der Waals surface area contributed by atoms with Crippen LogP contribution >= 0.6 is 22.9 Å². The molecule has 34 heavy (non-hydrogen) atoms. The van der Waals surface area contributed by atoms with E-state index < -0.39 is 23.8 Å². The number of alkyl halides is 3. The molecule has 1 atom stereocenters. The van der Waals surface area contributed by atoms with E-state index in [0.29, 0.717) is 31.6 Å². The molecule has 0 spiro atoms. The Morgan fingerprint density at radius 1 is 1.26 bits per heavy atom. The van der Waals surface area contributed by atoms with Crippen molar-refractivity contribution in [1.82, 2.24) is 44.9 Å². The van der Waals surface area contributed by atoms with E-state index in [9.17, 15) is 18.0 Å². The van der Waals surface area contributed by atoms with E-state index in [0.717, 1.165) is 0 Å². The number of hydrogen-bond donors (Lipinski definition) is 2. The maximum absolute atomic E-state index is 13.6. The predicted molar refractivity (Wildman–Crippen MR) is 116 cm³/mol. The van der Waals surface area contributed by atoms with Crippen LogP contribution in [0, 0.1) is 0 Å². The molecule has 0 aromatic carbocycles. The van der Waals surface area contributed by atoms with Gasteiger partial charge in [0.2, 0.25) is 0 Å². The van der Waals surface area contributed by atoms with Gasteiger partial charge in [-0.3, -0.25) is 9.20 Å². The van der Waals surface area contributed by atoms with Crippen molar-refractivity contribution in [2.75, 3.05) is 0 Å². The highest BCUT2D eigenvalue weighted by atomic mass is 35.5. The number of fused-ring (bicyclic) bond motifs is 1. The summed E-state index contributed by atoms with van der Waals surface area (Å²) >= 11 is 7.33. The Labute approximate surface area is 197 Å². The predicted octanol–water partition coefficient (Wildman–Crippen LogP) is 3.92. The standard InChI is InChI=1S/C19H13ClF3N9OS/c1-9(16-25-8-27-29-16)28-18(33)10-4-11(32-14(6-26-30-32)19(21,22)23)17-24-5-12(31(17)7-10)13-2-3-15(20)34-13/h2-9H,1H3,(H,28,33)(H,25,27,29)/t9-/m0/s1. The van der Waals surface area contributed by atoms with Crippen LogP contribution in [0.4, 0.5) is 13.2 Å². The Morgan fingerprint density at radius 2 is 2.09 bits per heavy atom. The maximum atomic E-state index is 13.6. The number of imidazole rings is 1. The van der Waals surface area contributed by atoms with Gasteiger partial charge in [0.1, 0.15) is 12.0 Å². The average molecular weight is 508 g/mol. The summed E-state index contributed by atoms with van der Waals surface area (Å²) in [5.41, 5.74) is -0.418. The zero-order valence-electron chi connectivity index (χ0n) is 17.1. The van der Waals surface area contributed by atoms with Crippen molar-refractivity contribution in [2.45, 2.75) is 19.1 Å². The van der Waals surface area contributed by atoms with E-state index in [1.54, 1.807) is 19.1 Å². The van der Waals surface area contributed by atoms with Gasteiger partial charge in [-0.15, -0.1) is 26.6 Å². The lowest BCUT2D eigenvalue weighted by atomic mass is 10.2. The second-order valence-electron chi connectivity index (χ2n) is 7.15. The maximum Gasteiger partial charge on any atom is 0.435 e. The van der Waals surface area contributed by atoms with Gasteiger partial charge in [-0.05, 0) is 25.1 Å². The minimum Gasteiger partial charge on any atom is -0.342 e. The molecule has 5 rings (SSSR count). The van der Waals surface area contributed by atoms with E-state index >= 15 is 0 Å². The molecule has 0 fully saturated rings. The summed E-state index contributed by atoms with van der Waals surface area (Å²) in [6, 6.07) is 4.19. The molecule has 5 aromatic rings. The topological polar surface area (TPSA) is 119 Å². The highest BCUT2D eigenvalue weighted by Gasteiger charge is 2.37. The molecule has 2 N–H and O–H groups in total. The Hall–Kier alpha value is -3.78. The van der Waals surface area contributed by atoms with Crippen LogP contribution in [0.3, 0.4) is 0 Å². The van der Waals surface area contributed by atoms with E-state index in [1.165, 1.54) is 40.5 Å². The van der Waals surface area contributed by atoms with Crippen molar-refractivity contribution in [3.63, 3.8) is 0 Å². The third-order valence-corrected chi connectivity index (χ3v) is 6.19. The van der Waals surface area contributed by atoms with Crippen LogP contribution in [0.15, 0.2) is 43.1 Å². The average Bonchev–Trinajstić information content (AvgIpc) is 3.58. The zero-order chi connectivity index (χ0) is 24.0. The van der Waals surface area contributed by atoms with Gasteiger partial charge in [-0.1, -0.05) is 16.8 Å². The Morgan fingerprint density at radius 3 is 2.76 bits per heavy atom. The molecule has 1 amide bonds. The van der Waals surface area contributed by atoms with Gasteiger partial charge in [0.25, 0.3) is 5.91 Å². The number of thiophene rings is 1. The molecular weight excluding hydrogens is 495 g/mol. The number of nitrogens with one attached hydrogen (secondary N) is 2. The monoisotopic (exact) mass is 507 g/mol. The normalized spacial score (nSPS) is 12.9. The molecule has 10 nitrogen and oxygen atoms in total. The third kappa shape index (κ3) is 3.90. The molecular formula is C19H13ClF3N9OS. The van der Waals surface area contributed by atoms with E-state index in [4.69, 9.17) is 11.6 Å². The molecule has 0 radical (unpaired) electrons. The number of rotatable bonds is 5. The third-order valence-electron chi connectivity index (χ3n) is 4.94. The van der Waals surface area contributed by atoms with Crippen molar-refractivity contribution >= 4 is 34.5 Å². The Balaban J connectivity index is 1.67. The molecule has 0 aliphatic rings. The van der Waals surface area contributed by atoms with Gasteiger partial charge in [0.15, 0.2) is 17.2 Å². The number of H-pyrrole nitrogens is 1. The minimum absolute atomic E-state index is 0.0689. The number of carbonyl (C=O) groups is 1. The summed E-state index contributed by atoms with van der Waals surface area (Å²) in [4.78, 5) is 20.9. The highest BCUT2D eigenvalue weighted by molar-refractivity contribution is 7.19. The number of nitrogens with zero attached hydrogens (tertiary/aromatic N) is 7. The minimum atomic E-state index is -4.73. The summed E-state index contributed by atoms with van der Waals surface area (Å²) < 4.78 is 43.4. The van der Waals surface area contributed by atoms with Crippen LogP contribution in [-0.4, -0.2) is 45.5 Å². The first-order valence-corrected chi connectivity index (χ1v) is 10.8. The molecule has 174 valence electrons. The van der Waals surface area contributed by atoms with E-state index in [-0.39, 0.29) is 16.9 Å². The zero-order valence-corrected chi connectivity index (χ0v) is 18.7. The lowest BCUT2D eigenvalue weighted by Crippen LogP contribution is -2.28. The summed E-state index contributed by atoms with van der Waals surface area (Å²) in [6.45, 7) is 1.69. The van der Waals surface area contributed by atoms with Crippen molar-refractivity contribution in [1.29, 1.82) is 0 Å². The first-order chi connectivity index (χ1) is 16.2. The molecule has 5 heterocycles. The second kappa shape index (κ2) is 8.22. The first kappa shape index (κ1) is 22.0. The van der Waals surface area contributed by atoms with Crippen molar-refractivity contribution in [2.24, 2.45) is 0 Å². The van der Waals surface area contributed by atoms with Crippen molar-refractivity contribution < 1.29 is 18.0 Å². The largest absolute Gasteiger partial charge is 0.435 e. The number of pyridine rings is 1. The van der Waals surface area contributed by atoms with Crippen LogP contribution < -0.4 is 5.32 Å². The smallest absolute Gasteiger partial charge is 0.342 e. The Bertz CT molecular complexity index is 1490. The van der Waals surface area contributed by atoms with Gasteiger partial charge < -0.3 is 10.3 Å². The van der Waals surface area contributed by atoms with Crippen molar-refractivity contribution in [3.05, 3.63) is 64.5 Å². The lowest BCUT2D eigenvalue weighted by molar-refractivity contribution is -0.142. The van der Waals surface area contributed by atoms with Gasteiger partial charge in [-0.25, -0.2) is 9.67 Å². The fraction of sp³-hybridized carbons (Fsp3) is 0.158. The first-order valence-electron chi connectivity index (χ1n) is 9.64. The summed E-state index contributed by atoms with van der Waals surface area (Å²) in [5, 5.41) is 17.3. The summed E-state index contributed by atoms with van der Waals surface area (Å²) in [6.07, 6.45) is 0.231. The van der Waals surface area contributed by atoms with Crippen LogP contribution in [0.5, 0.6) is 0 Å². The fourth-order valence-electron chi connectivity index (χ4n) is 3.36. The number of amides is 1. The highest BCUT2D eigenvalue weighted by Crippen LogP contribution is 2.34. The van der Waals surface area contributed by atoms with Gasteiger partial charge >= 0.3 is 6.18 Å². The number of hydrogen-bond acceptors (Lipinski definition) is 7. The van der Waals surface area contributed by atoms with Gasteiger partial charge in [-0.2, -0.15) is 13.2 Å². The molecule has 15 heteroatoms. The van der Waals surface area contributed by atoms with E-state index in [1.807, 2.05) is 0 Å². The summed E-state index contributed by atoms with van der Waals surface area (Å²) in [5.74, 6) is -0.133. The molecule has 0 saturated carbocycles. The van der Waals surface area contributed by atoms with Gasteiger partial charge in [0.05, 0.1) is 38.9 Å². The number of halogens is 4. The lowest BCUT2D eigenvalue weighted by Gasteiger charge is -2.14. The molecule has 0 aliphatic heterocycles. The fourth-order valence-corrected chi connectivity index (χ4v) is 4.41. The molecule has 0 aliphatic carbocycles. The molecule has 0 saturated heterocycles. The Kier molecular flexibility index (Phi) is 5.32. The molecule has 5 aromatic heterocycles. The SMILES string of the molecule is C[C@H](NC(=O)c1cc(-n2nncc2C(F)(F)F)c2ncc(-c3ccc(Cl)s3)n2c1)c1nnc[nH]1.